The highest BCUT2D eigenvalue weighted by Crippen LogP contribution is 2.57. The average Bonchev–Trinajstić information content (AvgIpc) is 3.34. The van der Waals surface area contributed by atoms with Crippen LogP contribution in [0, 0.1) is 16.7 Å². The summed E-state index contributed by atoms with van der Waals surface area (Å²) in [6.07, 6.45) is 4.40. The Morgan fingerprint density at radius 2 is 1.53 bits per heavy atom. The number of allylic oxidation sites excluding steroid dienone is 1. The number of carbonyl (C=O) groups is 2. The Morgan fingerprint density at radius 3 is 2.14 bits per heavy atom. The molecular formula is C31H29BrN2O2. The number of ketones is 1. The van der Waals surface area contributed by atoms with Crippen molar-refractivity contribution in [2.75, 3.05) is 5.01 Å². The van der Waals surface area contributed by atoms with Crippen LogP contribution in [0.5, 0.6) is 0 Å². The molecule has 3 aromatic carbocycles. The molecule has 1 heterocycles. The molecule has 0 bridgehead atoms. The first-order valence-corrected chi connectivity index (χ1v) is 13.0. The summed E-state index contributed by atoms with van der Waals surface area (Å²) in [5, 5.41) is 6.34. The van der Waals surface area contributed by atoms with Crippen LogP contribution in [-0.4, -0.2) is 17.4 Å². The summed E-state index contributed by atoms with van der Waals surface area (Å²) >= 11 is 3.47. The van der Waals surface area contributed by atoms with Gasteiger partial charge in [0.15, 0.2) is 11.2 Å². The van der Waals surface area contributed by atoms with Gasteiger partial charge in [0.05, 0.1) is 11.4 Å². The molecule has 1 fully saturated rings. The van der Waals surface area contributed by atoms with Crippen LogP contribution in [0.1, 0.15) is 44.2 Å². The van der Waals surface area contributed by atoms with E-state index < -0.39 is 10.8 Å². The van der Waals surface area contributed by atoms with Crippen LogP contribution in [0.2, 0.25) is 0 Å². The van der Waals surface area contributed by atoms with E-state index in [4.69, 9.17) is 5.10 Å². The number of Topliss-reactive ketones (excluding diaryl/α,β-unsaturated/α-hetero) is 1. The molecular weight excluding hydrogens is 512 g/mol. The van der Waals surface area contributed by atoms with Gasteiger partial charge in [-0.1, -0.05) is 110 Å². The van der Waals surface area contributed by atoms with Crippen molar-refractivity contribution in [3.05, 3.63) is 107 Å². The summed E-state index contributed by atoms with van der Waals surface area (Å²) in [6, 6.07) is 27.6. The normalized spacial score (nSPS) is 24.2. The fourth-order valence-electron chi connectivity index (χ4n) is 5.60. The Hall–Kier alpha value is -3.31. The number of rotatable bonds is 4. The van der Waals surface area contributed by atoms with E-state index in [0.29, 0.717) is 17.8 Å². The van der Waals surface area contributed by atoms with Crippen molar-refractivity contribution in [3.63, 3.8) is 0 Å². The molecule has 1 aliphatic heterocycles. The molecule has 0 saturated heterocycles. The number of benzene rings is 3. The van der Waals surface area contributed by atoms with Gasteiger partial charge < -0.3 is 0 Å². The lowest BCUT2D eigenvalue weighted by atomic mass is 9.63. The molecule has 4 nitrogen and oxygen atoms in total. The lowest BCUT2D eigenvalue weighted by Gasteiger charge is -2.35. The van der Waals surface area contributed by atoms with Crippen molar-refractivity contribution in [2.24, 2.45) is 21.8 Å². The standard InChI is InChI=1S/C31H29BrN2O2/c1-30(2,3)28-31(29(36)34(33-28)24-17-15-23(32)16-18-24)26(19-14-21-10-6-4-7-11-21)25(20-27(31)35)22-12-8-5-9-13-22/h4-19,25-26H,20H2,1-3H3/b19-14+/t25-,26-,31-/m1/s1. The van der Waals surface area contributed by atoms with Gasteiger partial charge in [0.1, 0.15) is 0 Å². The summed E-state index contributed by atoms with van der Waals surface area (Å²) in [5.74, 6) is -0.809. The second-order valence-corrected chi connectivity index (χ2v) is 11.5. The second kappa shape index (κ2) is 9.29. The molecule has 1 saturated carbocycles. The largest absolute Gasteiger partial charge is 0.298 e. The Balaban J connectivity index is 1.70. The quantitative estimate of drug-likeness (QED) is 0.326. The zero-order chi connectivity index (χ0) is 25.5. The van der Waals surface area contributed by atoms with Gasteiger partial charge in [-0.3, -0.25) is 9.59 Å². The lowest BCUT2D eigenvalue weighted by Crippen LogP contribution is -2.51. The first-order chi connectivity index (χ1) is 17.2. The second-order valence-electron chi connectivity index (χ2n) is 10.5. The number of hydrazone groups is 1. The molecule has 0 aromatic heterocycles. The molecule has 5 heteroatoms. The number of amides is 1. The van der Waals surface area contributed by atoms with Crippen molar-refractivity contribution in [3.8, 4) is 0 Å². The molecule has 36 heavy (non-hydrogen) atoms. The molecule has 3 aromatic rings. The van der Waals surface area contributed by atoms with Crippen molar-refractivity contribution in [1.82, 2.24) is 0 Å². The molecule has 1 spiro atoms. The zero-order valence-corrected chi connectivity index (χ0v) is 22.3. The first kappa shape index (κ1) is 24.4. The Kier molecular flexibility index (Phi) is 6.29. The van der Waals surface area contributed by atoms with Crippen LogP contribution < -0.4 is 5.01 Å². The van der Waals surface area contributed by atoms with Gasteiger partial charge in [0, 0.05) is 22.2 Å². The average molecular weight is 541 g/mol. The maximum Gasteiger partial charge on any atom is 0.267 e. The van der Waals surface area contributed by atoms with E-state index in [9.17, 15) is 9.59 Å². The minimum Gasteiger partial charge on any atom is -0.298 e. The highest BCUT2D eigenvalue weighted by molar-refractivity contribution is 9.10. The van der Waals surface area contributed by atoms with Gasteiger partial charge in [0.2, 0.25) is 0 Å². The van der Waals surface area contributed by atoms with Crippen molar-refractivity contribution in [2.45, 2.75) is 33.1 Å². The summed E-state index contributed by atoms with van der Waals surface area (Å²) in [7, 11) is 0. The van der Waals surface area contributed by atoms with Gasteiger partial charge in [-0.15, -0.1) is 0 Å². The molecule has 3 atom stereocenters. The molecule has 0 N–H and O–H groups in total. The van der Waals surface area contributed by atoms with Gasteiger partial charge >= 0.3 is 0 Å². The smallest absolute Gasteiger partial charge is 0.267 e. The van der Waals surface area contributed by atoms with E-state index in [-0.39, 0.29) is 23.5 Å². The highest BCUT2D eigenvalue weighted by Gasteiger charge is 2.67. The maximum atomic E-state index is 14.4. The number of hydrogen-bond acceptors (Lipinski definition) is 3. The monoisotopic (exact) mass is 540 g/mol. The highest BCUT2D eigenvalue weighted by atomic mass is 79.9. The first-order valence-electron chi connectivity index (χ1n) is 12.2. The fourth-order valence-corrected chi connectivity index (χ4v) is 5.87. The Bertz CT molecular complexity index is 1340. The van der Waals surface area contributed by atoms with E-state index in [1.54, 1.807) is 0 Å². The van der Waals surface area contributed by atoms with Crippen LogP contribution >= 0.6 is 15.9 Å². The summed E-state index contributed by atoms with van der Waals surface area (Å²) in [4.78, 5) is 28.6. The van der Waals surface area contributed by atoms with Gasteiger partial charge in [0.25, 0.3) is 5.91 Å². The summed E-state index contributed by atoms with van der Waals surface area (Å²) in [5.41, 5.74) is 1.55. The van der Waals surface area contributed by atoms with E-state index >= 15 is 0 Å². The third-order valence-corrected chi connectivity index (χ3v) is 7.72. The van der Waals surface area contributed by atoms with E-state index in [2.05, 4.69) is 34.1 Å². The Morgan fingerprint density at radius 1 is 0.917 bits per heavy atom. The van der Waals surface area contributed by atoms with Crippen molar-refractivity contribution < 1.29 is 9.59 Å². The molecule has 1 aliphatic carbocycles. The van der Waals surface area contributed by atoms with E-state index in [0.717, 1.165) is 15.6 Å². The molecule has 1 amide bonds. The predicted octanol–water partition coefficient (Wildman–Crippen LogP) is 7.27. The van der Waals surface area contributed by atoms with Gasteiger partial charge in [-0.25, -0.2) is 0 Å². The summed E-state index contributed by atoms with van der Waals surface area (Å²) < 4.78 is 0.914. The van der Waals surface area contributed by atoms with Gasteiger partial charge in [-0.05, 0) is 41.3 Å². The molecule has 182 valence electrons. The van der Waals surface area contributed by atoms with Crippen LogP contribution in [0.25, 0.3) is 6.08 Å². The Labute approximate surface area is 220 Å². The van der Waals surface area contributed by atoms with Crippen LogP contribution in [0.4, 0.5) is 5.69 Å². The van der Waals surface area contributed by atoms with Gasteiger partial charge in [-0.2, -0.15) is 10.1 Å². The van der Waals surface area contributed by atoms with Crippen LogP contribution in [0.15, 0.2) is 101 Å². The minimum absolute atomic E-state index is 0.0580. The van der Waals surface area contributed by atoms with E-state index in [1.807, 2.05) is 99.6 Å². The third-order valence-electron chi connectivity index (χ3n) is 7.19. The summed E-state index contributed by atoms with van der Waals surface area (Å²) in [6.45, 7) is 6.10. The predicted molar refractivity (Wildman–Crippen MR) is 149 cm³/mol. The van der Waals surface area contributed by atoms with Crippen LogP contribution in [0.3, 0.4) is 0 Å². The van der Waals surface area contributed by atoms with E-state index in [1.165, 1.54) is 5.01 Å². The molecule has 0 unspecified atom stereocenters. The molecule has 2 aliphatic rings. The number of hydrogen-bond donors (Lipinski definition) is 0. The zero-order valence-electron chi connectivity index (χ0n) is 20.7. The third kappa shape index (κ3) is 4.05. The number of nitrogens with zero attached hydrogens (tertiary/aromatic N) is 2. The molecule has 0 radical (unpaired) electrons. The lowest BCUT2D eigenvalue weighted by molar-refractivity contribution is -0.134. The van der Waals surface area contributed by atoms with Crippen molar-refractivity contribution in [1.29, 1.82) is 0 Å². The number of halogens is 1. The minimum atomic E-state index is -1.35. The number of carbonyl (C=O) groups excluding carboxylic acids is 2. The van der Waals surface area contributed by atoms with Crippen molar-refractivity contribution >= 4 is 45.1 Å². The van der Waals surface area contributed by atoms with Crippen LogP contribution in [-0.2, 0) is 9.59 Å². The fraction of sp³-hybridized carbons (Fsp3) is 0.258. The maximum absolute atomic E-state index is 14.4. The SMILES string of the molecule is CC(C)(C)C1=NN(c2ccc(Br)cc2)C(=O)[C@]12C(=O)C[C@H](c1ccccc1)[C@H]2/C=C/c1ccccc1. The number of anilines is 1. The topological polar surface area (TPSA) is 49.7 Å². The molecule has 5 rings (SSSR count).